The SMILES string of the molecule is C1=C[C@H]2C3C4[C@@H](CC[C@H]42)[C@H]13. The number of hydrogen-bond donors (Lipinski definition) is 0. The van der Waals surface area contributed by atoms with Crippen LogP contribution >= 0.6 is 0 Å². The van der Waals surface area contributed by atoms with Crippen molar-refractivity contribution in [1.82, 2.24) is 0 Å². The highest BCUT2D eigenvalue weighted by atomic mass is 14.7. The predicted molar refractivity (Wildman–Crippen MR) is 39.3 cm³/mol. The molecule has 4 aliphatic rings. The van der Waals surface area contributed by atoms with Gasteiger partial charge in [-0.2, -0.15) is 0 Å². The van der Waals surface area contributed by atoms with E-state index >= 15 is 0 Å². The molecule has 0 heteroatoms. The Morgan fingerprint density at radius 2 is 1.40 bits per heavy atom. The lowest BCUT2D eigenvalue weighted by molar-refractivity contribution is -0.112. The van der Waals surface area contributed by atoms with Crippen LogP contribution in [0.2, 0.25) is 0 Å². The molecule has 0 bridgehead atoms. The molecule has 0 nitrogen and oxygen atoms in total. The average molecular weight is 132 g/mol. The minimum absolute atomic E-state index is 1.06. The second kappa shape index (κ2) is 1.11. The van der Waals surface area contributed by atoms with Gasteiger partial charge in [0, 0.05) is 0 Å². The van der Waals surface area contributed by atoms with Crippen LogP contribution in [0.1, 0.15) is 12.8 Å². The van der Waals surface area contributed by atoms with Gasteiger partial charge in [0.15, 0.2) is 0 Å². The molecule has 0 aromatic carbocycles. The minimum Gasteiger partial charge on any atom is -0.0845 e. The van der Waals surface area contributed by atoms with Crippen molar-refractivity contribution in [3.63, 3.8) is 0 Å². The van der Waals surface area contributed by atoms with E-state index in [0.717, 1.165) is 29.6 Å². The van der Waals surface area contributed by atoms with Crippen LogP contribution in [0.25, 0.3) is 0 Å². The first-order valence-electron chi connectivity index (χ1n) is 4.65. The summed E-state index contributed by atoms with van der Waals surface area (Å²) in [5.41, 5.74) is 0. The summed E-state index contributed by atoms with van der Waals surface area (Å²) in [6, 6.07) is 0. The van der Waals surface area contributed by atoms with E-state index in [2.05, 4.69) is 12.2 Å². The van der Waals surface area contributed by atoms with Gasteiger partial charge in [-0.15, -0.1) is 0 Å². The van der Waals surface area contributed by atoms with Gasteiger partial charge in [0.2, 0.25) is 0 Å². The first-order valence-corrected chi connectivity index (χ1v) is 4.65. The predicted octanol–water partition coefficient (Wildman–Crippen LogP) is 2.07. The molecule has 0 aliphatic heterocycles. The minimum atomic E-state index is 1.06. The standard InChI is InChI=1S/C10H12/c1-2-6-8-4-3-7-5(1)9(6)10(7)8/h1-2,5-10H,3-4H2/t5-,6+,7-,8-,9?,10?/m0/s1. The fourth-order valence-corrected chi connectivity index (χ4v) is 4.40. The Morgan fingerprint density at radius 1 is 0.800 bits per heavy atom. The highest BCUT2D eigenvalue weighted by Crippen LogP contribution is 2.74. The molecular formula is C10H12. The van der Waals surface area contributed by atoms with Crippen molar-refractivity contribution in [3.05, 3.63) is 12.2 Å². The summed E-state index contributed by atoms with van der Waals surface area (Å²) >= 11 is 0. The van der Waals surface area contributed by atoms with Crippen LogP contribution in [0.4, 0.5) is 0 Å². The highest BCUT2D eigenvalue weighted by Gasteiger charge is 2.69. The second-order valence-electron chi connectivity index (χ2n) is 4.60. The number of hydrogen-bond acceptors (Lipinski definition) is 0. The number of allylic oxidation sites excluding steroid dienone is 2. The van der Waals surface area contributed by atoms with Crippen LogP contribution in [0.5, 0.6) is 0 Å². The molecule has 0 radical (unpaired) electrons. The molecule has 10 heavy (non-hydrogen) atoms. The topological polar surface area (TPSA) is 0 Å². The molecule has 6 atom stereocenters. The number of rotatable bonds is 0. The molecular weight excluding hydrogens is 120 g/mol. The van der Waals surface area contributed by atoms with Crippen molar-refractivity contribution in [3.8, 4) is 0 Å². The van der Waals surface area contributed by atoms with Gasteiger partial charge in [0.05, 0.1) is 0 Å². The largest absolute Gasteiger partial charge is 0.0845 e. The maximum absolute atomic E-state index is 2.52. The Labute approximate surface area is 61.3 Å². The number of fused-ring (bicyclic) bond motifs is 2. The second-order valence-corrected chi connectivity index (χ2v) is 4.60. The van der Waals surface area contributed by atoms with E-state index in [1.807, 2.05) is 0 Å². The van der Waals surface area contributed by atoms with Gasteiger partial charge < -0.3 is 0 Å². The molecule has 0 aromatic rings. The van der Waals surface area contributed by atoms with Gasteiger partial charge in [0.1, 0.15) is 0 Å². The molecule has 0 N–H and O–H groups in total. The maximum Gasteiger partial charge on any atom is -0.0165 e. The van der Waals surface area contributed by atoms with E-state index in [9.17, 15) is 0 Å². The van der Waals surface area contributed by atoms with Gasteiger partial charge in [-0.25, -0.2) is 0 Å². The molecule has 3 saturated carbocycles. The Hall–Kier alpha value is -0.260. The van der Waals surface area contributed by atoms with Crippen molar-refractivity contribution < 1.29 is 0 Å². The van der Waals surface area contributed by atoms with Gasteiger partial charge in [-0.1, -0.05) is 12.2 Å². The average Bonchev–Trinajstić information content (AvgIpc) is 2.10. The van der Waals surface area contributed by atoms with E-state index in [4.69, 9.17) is 0 Å². The third kappa shape index (κ3) is 0.247. The molecule has 4 rings (SSSR count). The van der Waals surface area contributed by atoms with E-state index in [1.165, 1.54) is 5.92 Å². The molecule has 3 fully saturated rings. The molecule has 0 saturated heterocycles. The van der Waals surface area contributed by atoms with E-state index in [1.54, 1.807) is 12.8 Å². The summed E-state index contributed by atoms with van der Waals surface area (Å²) in [6.45, 7) is 0. The first-order chi connectivity index (χ1) is 4.97. The quantitative estimate of drug-likeness (QED) is 0.443. The summed E-state index contributed by atoms with van der Waals surface area (Å²) < 4.78 is 0. The summed E-state index contributed by atoms with van der Waals surface area (Å²) in [5.74, 6) is 6.82. The van der Waals surface area contributed by atoms with Crippen molar-refractivity contribution in [1.29, 1.82) is 0 Å². The van der Waals surface area contributed by atoms with Gasteiger partial charge in [-0.3, -0.25) is 0 Å². The maximum atomic E-state index is 2.52. The van der Waals surface area contributed by atoms with Crippen LogP contribution in [-0.4, -0.2) is 0 Å². The fraction of sp³-hybridized carbons (Fsp3) is 0.800. The molecule has 52 valence electrons. The fourth-order valence-electron chi connectivity index (χ4n) is 4.40. The third-order valence-electron chi connectivity index (χ3n) is 4.70. The van der Waals surface area contributed by atoms with Crippen molar-refractivity contribution in [2.45, 2.75) is 12.8 Å². The summed E-state index contributed by atoms with van der Waals surface area (Å²) in [6.07, 6.45) is 8.18. The van der Waals surface area contributed by atoms with Gasteiger partial charge in [0.25, 0.3) is 0 Å². The molecule has 4 aliphatic carbocycles. The summed E-state index contributed by atoms with van der Waals surface area (Å²) in [4.78, 5) is 0. The summed E-state index contributed by atoms with van der Waals surface area (Å²) in [5, 5.41) is 0. The lowest BCUT2D eigenvalue weighted by Gasteiger charge is -2.59. The highest BCUT2D eigenvalue weighted by molar-refractivity contribution is 5.29. The zero-order valence-corrected chi connectivity index (χ0v) is 6.03. The molecule has 0 heterocycles. The molecule has 2 unspecified atom stereocenters. The van der Waals surface area contributed by atoms with E-state index < -0.39 is 0 Å². The Kier molecular flexibility index (Phi) is 0.508. The molecule has 0 aromatic heterocycles. The smallest absolute Gasteiger partial charge is 0.0165 e. The van der Waals surface area contributed by atoms with Crippen LogP contribution in [0.15, 0.2) is 12.2 Å². The van der Waals surface area contributed by atoms with Crippen molar-refractivity contribution in [2.24, 2.45) is 35.5 Å². The zero-order chi connectivity index (χ0) is 6.29. The van der Waals surface area contributed by atoms with Crippen molar-refractivity contribution >= 4 is 0 Å². The Morgan fingerprint density at radius 3 is 2.00 bits per heavy atom. The van der Waals surface area contributed by atoms with Crippen LogP contribution in [0, 0.1) is 35.5 Å². The lowest BCUT2D eigenvalue weighted by atomic mass is 9.44. The van der Waals surface area contributed by atoms with E-state index in [0.29, 0.717) is 0 Å². The zero-order valence-electron chi connectivity index (χ0n) is 6.03. The van der Waals surface area contributed by atoms with Crippen LogP contribution < -0.4 is 0 Å². The van der Waals surface area contributed by atoms with Crippen molar-refractivity contribution in [2.75, 3.05) is 0 Å². The Bertz CT molecular complexity index is 206. The van der Waals surface area contributed by atoms with Crippen LogP contribution in [0.3, 0.4) is 0 Å². The normalized spacial score (nSPS) is 72.8. The summed E-state index contributed by atoms with van der Waals surface area (Å²) in [7, 11) is 0. The van der Waals surface area contributed by atoms with Crippen LogP contribution in [-0.2, 0) is 0 Å². The molecule has 0 spiro atoms. The molecule has 0 amide bonds. The van der Waals surface area contributed by atoms with E-state index in [-0.39, 0.29) is 0 Å². The Balaban J connectivity index is 1.93. The van der Waals surface area contributed by atoms with Gasteiger partial charge >= 0.3 is 0 Å². The lowest BCUT2D eigenvalue weighted by Crippen LogP contribution is -2.56. The monoisotopic (exact) mass is 132 g/mol. The first kappa shape index (κ1) is 4.58. The van der Waals surface area contributed by atoms with Gasteiger partial charge in [-0.05, 0) is 48.3 Å². The third-order valence-corrected chi connectivity index (χ3v) is 4.70.